The molecule has 1 aliphatic heterocycles. The van der Waals surface area contributed by atoms with Crippen molar-refractivity contribution in [2.24, 2.45) is 5.92 Å². The number of benzene rings is 1. The molecule has 1 saturated heterocycles. The summed E-state index contributed by atoms with van der Waals surface area (Å²) in [6, 6.07) is 7.65. The molecule has 18 heavy (non-hydrogen) atoms. The van der Waals surface area contributed by atoms with Crippen molar-refractivity contribution in [3.8, 4) is 5.75 Å². The van der Waals surface area contributed by atoms with Crippen LogP contribution in [0.3, 0.4) is 0 Å². The average Bonchev–Trinajstić information content (AvgIpc) is 2.80. The van der Waals surface area contributed by atoms with Crippen LogP contribution < -0.4 is 10.1 Å². The van der Waals surface area contributed by atoms with Crippen molar-refractivity contribution in [1.29, 1.82) is 0 Å². The minimum Gasteiger partial charge on any atom is -0.497 e. The van der Waals surface area contributed by atoms with E-state index in [4.69, 9.17) is 9.47 Å². The van der Waals surface area contributed by atoms with E-state index in [1.54, 1.807) is 7.11 Å². The van der Waals surface area contributed by atoms with Gasteiger partial charge in [-0.25, -0.2) is 4.79 Å². The molecule has 1 fully saturated rings. The van der Waals surface area contributed by atoms with Gasteiger partial charge >= 0.3 is 6.09 Å². The van der Waals surface area contributed by atoms with Crippen molar-refractivity contribution in [3.05, 3.63) is 29.8 Å². The van der Waals surface area contributed by atoms with Crippen molar-refractivity contribution in [3.63, 3.8) is 0 Å². The lowest BCUT2D eigenvalue weighted by Gasteiger charge is -2.22. The standard InChI is InChI=1S/C14H19NO3/c1-4-9(2)13-12(15-14(16)18-13)10-5-7-11(17-3)8-6-10/h5-9,12-13H,4H2,1-3H3,(H,15,16)/t9?,12-,13+/m0/s1. The summed E-state index contributed by atoms with van der Waals surface area (Å²) in [4.78, 5) is 11.4. The summed E-state index contributed by atoms with van der Waals surface area (Å²) in [7, 11) is 1.64. The van der Waals surface area contributed by atoms with Gasteiger partial charge in [-0.2, -0.15) is 0 Å². The lowest BCUT2D eigenvalue weighted by molar-refractivity contribution is 0.0949. The third-order valence-electron chi connectivity index (χ3n) is 3.52. The Labute approximate surface area is 107 Å². The molecule has 0 bridgehead atoms. The molecule has 0 aliphatic carbocycles. The number of hydrogen-bond acceptors (Lipinski definition) is 3. The van der Waals surface area contributed by atoms with E-state index in [-0.39, 0.29) is 18.2 Å². The van der Waals surface area contributed by atoms with E-state index < -0.39 is 0 Å². The maximum absolute atomic E-state index is 11.4. The van der Waals surface area contributed by atoms with Crippen LogP contribution in [0, 0.1) is 5.92 Å². The number of nitrogens with one attached hydrogen (secondary N) is 1. The molecule has 1 aliphatic rings. The van der Waals surface area contributed by atoms with Crippen molar-refractivity contribution < 1.29 is 14.3 Å². The van der Waals surface area contributed by atoms with E-state index >= 15 is 0 Å². The number of rotatable bonds is 4. The molecule has 1 amide bonds. The minimum atomic E-state index is -0.332. The third-order valence-corrected chi connectivity index (χ3v) is 3.52. The lowest BCUT2D eigenvalue weighted by atomic mass is 9.91. The van der Waals surface area contributed by atoms with Crippen LogP contribution in [0.5, 0.6) is 5.75 Å². The molecule has 1 aromatic carbocycles. The van der Waals surface area contributed by atoms with Crippen LogP contribution >= 0.6 is 0 Å². The zero-order valence-corrected chi connectivity index (χ0v) is 11.0. The van der Waals surface area contributed by atoms with Gasteiger partial charge in [0.15, 0.2) is 0 Å². The molecule has 0 spiro atoms. The van der Waals surface area contributed by atoms with E-state index in [0.29, 0.717) is 5.92 Å². The van der Waals surface area contributed by atoms with Gasteiger partial charge in [0.25, 0.3) is 0 Å². The number of alkyl carbamates (subject to hydrolysis) is 1. The van der Waals surface area contributed by atoms with E-state index in [2.05, 4.69) is 19.2 Å². The maximum Gasteiger partial charge on any atom is 0.408 e. The Bertz CT molecular complexity index is 416. The first-order valence-electron chi connectivity index (χ1n) is 6.26. The Hall–Kier alpha value is -1.71. The largest absolute Gasteiger partial charge is 0.497 e. The second-order valence-corrected chi connectivity index (χ2v) is 4.65. The first-order chi connectivity index (χ1) is 8.65. The Kier molecular flexibility index (Phi) is 3.75. The molecule has 3 atom stereocenters. The fraction of sp³-hybridized carbons (Fsp3) is 0.500. The topological polar surface area (TPSA) is 47.6 Å². The van der Waals surface area contributed by atoms with Gasteiger partial charge in [-0.1, -0.05) is 26.0 Å². The van der Waals surface area contributed by atoms with Gasteiger partial charge in [-0.3, -0.25) is 0 Å². The van der Waals surface area contributed by atoms with Crippen molar-refractivity contribution >= 4 is 6.09 Å². The van der Waals surface area contributed by atoms with Crippen molar-refractivity contribution in [1.82, 2.24) is 5.32 Å². The summed E-state index contributed by atoms with van der Waals surface area (Å²) >= 11 is 0. The SMILES string of the molecule is CCC(C)[C@H]1OC(=O)N[C@H]1c1ccc(OC)cc1. The van der Waals surface area contributed by atoms with Crippen LogP contribution in [-0.2, 0) is 4.74 Å². The predicted octanol–water partition coefficient (Wildman–Crippen LogP) is 2.89. The summed E-state index contributed by atoms with van der Waals surface area (Å²) < 4.78 is 10.5. The molecule has 1 N–H and O–H groups in total. The third kappa shape index (κ3) is 2.42. The van der Waals surface area contributed by atoms with Gasteiger partial charge in [0.05, 0.1) is 13.2 Å². The number of methoxy groups -OCH3 is 1. The number of carbonyl (C=O) groups is 1. The summed E-state index contributed by atoms with van der Waals surface area (Å²) in [6.07, 6.45) is 0.545. The fourth-order valence-corrected chi connectivity index (χ4v) is 2.20. The van der Waals surface area contributed by atoms with Crippen LogP contribution in [0.15, 0.2) is 24.3 Å². The Morgan fingerprint density at radius 3 is 2.61 bits per heavy atom. The van der Waals surface area contributed by atoms with Crippen molar-refractivity contribution in [2.75, 3.05) is 7.11 Å². The highest BCUT2D eigenvalue weighted by Crippen LogP contribution is 2.31. The monoisotopic (exact) mass is 249 g/mol. The van der Waals surface area contributed by atoms with E-state index in [1.165, 1.54) is 0 Å². The molecule has 4 nitrogen and oxygen atoms in total. The molecule has 0 radical (unpaired) electrons. The number of cyclic esters (lactones) is 1. The van der Waals surface area contributed by atoms with Crippen LogP contribution in [-0.4, -0.2) is 19.3 Å². The minimum absolute atomic E-state index is 0.0710. The smallest absolute Gasteiger partial charge is 0.408 e. The molecule has 1 heterocycles. The second-order valence-electron chi connectivity index (χ2n) is 4.65. The van der Waals surface area contributed by atoms with Gasteiger partial charge < -0.3 is 14.8 Å². The molecule has 0 aromatic heterocycles. The predicted molar refractivity (Wildman–Crippen MR) is 68.6 cm³/mol. The zero-order chi connectivity index (χ0) is 13.1. The number of ether oxygens (including phenoxy) is 2. The van der Waals surface area contributed by atoms with Gasteiger partial charge in [0.1, 0.15) is 11.9 Å². The molecule has 2 rings (SSSR count). The molecule has 98 valence electrons. The Morgan fingerprint density at radius 1 is 1.39 bits per heavy atom. The van der Waals surface area contributed by atoms with Gasteiger partial charge in [0.2, 0.25) is 0 Å². The fourth-order valence-electron chi connectivity index (χ4n) is 2.20. The highest BCUT2D eigenvalue weighted by Gasteiger charge is 2.37. The summed E-state index contributed by atoms with van der Waals surface area (Å²) in [5.41, 5.74) is 1.05. The second kappa shape index (κ2) is 5.29. The molecular weight excluding hydrogens is 230 g/mol. The number of carbonyl (C=O) groups excluding carboxylic acids is 1. The summed E-state index contributed by atoms with van der Waals surface area (Å²) in [6.45, 7) is 4.20. The lowest BCUT2D eigenvalue weighted by Crippen LogP contribution is -2.27. The van der Waals surface area contributed by atoms with Gasteiger partial charge in [-0.05, 0) is 30.0 Å². The van der Waals surface area contributed by atoms with E-state index in [9.17, 15) is 4.79 Å². The molecular formula is C14H19NO3. The first kappa shape index (κ1) is 12.7. The molecule has 4 heteroatoms. The summed E-state index contributed by atoms with van der Waals surface area (Å²) in [5.74, 6) is 1.14. The van der Waals surface area contributed by atoms with Gasteiger partial charge in [-0.15, -0.1) is 0 Å². The molecule has 1 unspecified atom stereocenters. The van der Waals surface area contributed by atoms with Crippen LogP contribution in [0.25, 0.3) is 0 Å². The van der Waals surface area contributed by atoms with Gasteiger partial charge in [0, 0.05) is 0 Å². The highest BCUT2D eigenvalue weighted by atomic mass is 16.6. The van der Waals surface area contributed by atoms with Crippen LogP contribution in [0.1, 0.15) is 31.9 Å². The first-order valence-corrected chi connectivity index (χ1v) is 6.26. The molecule has 0 saturated carbocycles. The quantitative estimate of drug-likeness (QED) is 0.892. The normalized spacial score (nSPS) is 24.3. The van der Waals surface area contributed by atoms with Crippen molar-refractivity contribution in [2.45, 2.75) is 32.4 Å². The zero-order valence-electron chi connectivity index (χ0n) is 11.0. The van der Waals surface area contributed by atoms with Crippen LogP contribution in [0.2, 0.25) is 0 Å². The Balaban J connectivity index is 2.21. The average molecular weight is 249 g/mol. The number of amides is 1. The highest BCUT2D eigenvalue weighted by molar-refractivity contribution is 5.70. The van der Waals surface area contributed by atoms with E-state index in [1.807, 2.05) is 24.3 Å². The maximum atomic E-state index is 11.4. The van der Waals surface area contributed by atoms with Crippen LogP contribution in [0.4, 0.5) is 4.79 Å². The van der Waals surface area contributed by atoms with E-state index in [0.717, 1.165) is 17.7 Å². The number of hydrogen-bond donors (Lipinski definition) is 1. The summed E-state index contributed by atoms with van der Waals surface area (Å²) in [5, 5.41) is 2.87. The molecule has 1 aromatic rings. The Morgan fingerprint density at radius 2 is 2.06 bits per heavy atom.